The van der Waals surface area contributed by atoms with Gasteiger partial charge in [0.15, 0.2) is 0 Å². The van der Waals surface area contributed by atoms with Gasteiger partial charge in [-0.2, -0.15) is 0 Å². The number of primary amides is 1. The maximum Gasteiger partial charge on any atom is 0.223 e. The molecule has 0 aliphatic rings. The van der Waals surface area contributed by atoms with Crippen LogP contribution in [0.1, 0.15) is 80.6 Å². The molecule has 0 spiro atoms. The fraction of sp³-hybridized carbons (Fsp3) is 0.938. The zero-order valence-electron chi connectivity index (χ0n) is 13.5. The molecule has 1 unspecified atom stereocenters. The van der Waals surface area contributed by atoms with Crippen molar-refractivity contribution in [1.82, 2.24) is 0 Å². The average molecular weight is 255 g/mol. The third kappa shape index (κ3) is 3.07. The maximum absolute atomic E-state index is 12.1. The smallest absolute Gasteiger partial charge is 0.223 e. The van der Waals surface area contributed by atoms with Crippen LogP contribution in [0.4, 0.5) is 0 Å². The van der Waals surface area contributed by atoms with Crippen molar-refractivity contribution in [2.24, 2.45) is 22.0 Å². The zero-order chi connectivity index (χ0) is 14.6. The average Bonchev–Trinajstić information content (AvgIpc) is 2.36. The first-order valence-corrected chi connectivity index (χ1v) is 7.44. The van der Waals surface area contributed by atoms with Crippen LogP contribution in [-0.4, -0.2) is 5.91 Å². The van der Waals surface area contributed by atoms with E-state index >= 15 is 0 Å². The van der Waals surface area contributed by atoms with E-state index in [2.05, 4.69) is 48.5 Å². The number of hydrogen-bond donors (Lipinski definition) is 1. The minimum atomic E-state index is -0.419. The monoisotopic (exact) mass is 255 g/mol. The highest BCUT2D eigenvalue weighted by atomic mass is 16.1. The summed E-state index contributed by atoms with van der Waals surface area (Å²) in [5.41, 5.74) is 5.56. The summed E-state index contributed by atoms with van der Waals surface area (Å²) in [4.78, 5) is 12.1. The molecule has 0 heterocycles. The molecule has 0 aliphatic heterocycles. The highest BCUT2D eigenvalue weighted by Crippen LogP contribution is 2.52. The van der Waals surface area contributed by atoms with Crippen LogP contribution >= 0.6 is 0 Å². The Balaban J connectivity index is 5.48. The fourth-order valence-corrected chi connectivity index (χ4v) is 2.98. The second-order valence-corrected chi connectivity index (χ2v) is 6.66. The lowest BCUT2D eigenvalue weighted by Crippen LogP contribution is -2.49. The van der Waals surface area contributed by atoms with Crippen molar-refractivity contribution in [3.63, 3.8) is 0 Å². The lowest BCUT2D eigenvalue weighted by molar-refractivity contribution is -0.138. The molecule has 18 heavy (non-hydrogen) atoms. The summed E-state index contributed by atoms with van der Waals surface area (Å²) >= 11 is 0. The summed E-state index contributed by atoms with van der Waals surface area (Å²) in [5, 5.41) is 0. The predicted octanol–water partition coefficient (Wildman–Crippen LogP) is 4.52. The van der Waals surface area contributed by atoms with Crippen LogP contribution in [0.3, 0.4) is 0 Å². The molecule has 2 N–H and O–H groups in total. The minimum absolute atomic E-state index is 0.00949. The van der Waals surface area contributed by atoms with Crippen LogP contribution in [0.25, 0.3) is 0 Å². The molecule has 0 radical (unpaired) electrons. The Kier molecular flexibility index (Phi) is 5.90. The summed E-state index contributed by atoms with van der Waals surface area (Å²) in [7, 11) is 0. The quantitative estimate of drug-likeness (QED) is 0.680. The zero-order valence-corrected chi connectivity index (χ0v) is 13.5. The van der Waals surface area contributed by atoms with Gasteiger partial charge in [0.1, 0.15) is 0 Å². The van der Waals surface area contributed by atoms with Gasteiger partial charge in [-0.05, 0) is 30.1 Å². The fourth-order valence-electron chi connectivity index (χ4n) is 2.98. The van der Waals surface area contributed by atoms with E-state index < -0.39 is 5.41 Å². The molecule has 0 aromatic carbocycles. The standard InChI is InChI=1S/C16H33NO/c1-8-14(5,9-2)12-16(7,13(17)18)15(6,10-3)11-4/h8-12H2,1-7H3,(H2,17,18). The number of rotatable bonds is 8. The van der Waals surface area contributed by atoms with Gasteiger partial charge >= 0.3 is 0 Å². The highest BCUT2D eigenvalue weighted by Gasteiger charge is 2.49. The predicted molar refractivity (Wildman–Crippen MR) is 79.3 cm³/mol. The van der Waals surface area contributed by atoms with Gasteiger partial charge in [0.25, 0.3) is 0 Å². The largest absolute Gasteiger partial charge is 0.369 e. The van der Waals surface area contributed by atoms with E-state index in [-0.39, 0.29) is 16.7 Å². The van der Waals surface area contributed by atoms with Gasteiger partial charge in [0, 0.05) is 0 Å². The molecule has 0 aromatic heterocycles. The lowest BCUT2D eigenvalue weighted by Gasteiger charge is -2.48. The van der Waals surface area contributed by atoms with E-state index in [1.165, 1.54) is 0 Å². The van der Waals surface area contributed by atoms with Crippen LogP contribution < -0.4 is 5.73 Å². The molecule has 0 aromatic rings. The summed E-state index contributed by atoms with van der Waals surface area (Å²) in [6, 6.07) is 0. The van der Waals surface area contributed by atoms with Gasteiger partial charge in [-0.3, -0.25) is 4.79 Å². The van der Waals surface area contributed by atoms with Crippen LogP contribution in [-0.2, 0) is 4.79 Å². The molecule has 0 rings (SSSR count). The molecule has 0 fully saturated rings. The molecule has 1 atom stereocenters. The Hall–Kier alpha value is -0.530. The Morgan fingerprint density at radius 1 is 0.889 bits per heavy atom. The summed E-state index contributed by atoms with van der Waals surface area (Å²) in [5.74, 6) is -0.137. The van der Waals surface area contributed by atoms with E-state index in [1.807, 2.05) is 0 Å². The summed E-state index contributed by atoms with van der Waals surface area (Å²) in [6.07, 6.45) is 5.06. The van der Waals surface area contributed by atoms with Crippen molar-refractivity contribution in [1.29, 1.82) is 0 Å². The normalized spacial score (nSPS) is 16.4. The van der Waals surface area contributed by atoms with Crippen molar-refractivity contribution >= 4 is 5.91 Å². The maximum atomic E-state index is 12.1. The molecule has 2 heteroatoms. The lowest BCUT2D eigenvalue weighted by atomic mass is 9.56. The second kappa shape index (κ2) is 6.08. The number of nitrogens with two attached hydrogens (primary N) is 1. The Morgan fingerprint density at radius 3 is 1.50 bits per heavy atom. The van der Waals surface area contributed by atoms with Crippen molar-refractivity contribution in [3.05, 3.63) is 0 Å². The Morgan fingerprint density at radius 2 is 1.28 bits per heavy atom. The Labute approximate surface area is 114 Å². The van der Waals surface area contributed by atoms with Gasteiger partial charge in [-0.15, -0.1) is 0 Å². The molecule has 0 saturated carbocycles. The van der Waals surface area contributed by atoms with Crippen molar-refractivity contribution in [2.45, 2.75) is 80.6 Å². The first-order chi connectivity index (χ1) is 8.14. The molecule has 108 valence electrons. The minimum Gasteiger partial charge on any atom is -0.369 e. The Bertz CT molecular complexity index is 277. The highest BCUT2D eigenvalue weighted by molar-refractivity contribution is 5.81. The first kappa shape index (κ1) is 17.5. The topological polar surface area (TPSA) is 43.1 Å². The van der Waals surface area contributed by atoms with E-state index in [0.29, 0.717) is 0 Å². The third-order valence-corrected chi connectivity index (χ3v) is 5.92. The van der Waals surface area contributed by atoms with Gasteiger partial charge in [0.2, 0.25) is 5.91 Å². The van der Waals surface area contributed by atoms with E-state index in [0.717, 1.165) is 32.1 Å². The van der Waals surface area contributed by atoms with Crippen LogP contribution in [0.5, 0.6) is 0 Å². The first-order valence-electron chi connectivity index (χ1n) is 7.44. The number of carbonyl (C=O) groups is 1. The molecular weight excluding hydrogens is 222 g/mol. The van der Waals surface area contributed by atoms with Crippen molar-refractivity contribution in [3.8, 4) is 0 Å². The molecule has 1 amide bonds. The van der Waals surface area contributed by atoms with Gasteiger partial charge in [-0.1, -0.05) is 61.3 Å². The van der Waals surface area contributed by atoms with E-state index in [9.17, 15) is 4.79 Å². The summed E-state index contributed by atoms with van der Waals surface area (Å²) < 4.78 is 0. The number of hydrogen-bond acceptors (Lipinski definition) is 1. The van der Waals surface area contributed by atoms with Crippen LogP contribution in [0, 0.1) is 16.2 Å². The van der Waals surface area contributed by atoms with E-state index in [4.69, 9.17) is 5.73 Å². The number of carbonyl (C=O) groups excluding carboxylic acids is 1. The molecule has 2 nitrogen and oxygen atoms in total. The molecular formula is C16H33NO. The van der Waals surface area contributed by atoms with Crippen molar-refractivity contribution in [2.75, 3.05) is 0 Å². The van der Waals surface area contributed by atoms with Gasteiger partial charge in [-0.25, -0.2) is 0 Å². The number of amides is 1. The SMILES string of the molecule is CCC(C)(CC)CC(C)(C(N)=O)C(C)(CC)CC. The summed E-state index contributed by atoms with van der Waals surface area (Å²) in [6.45, 7) is 15.3. The van der Waals surface area contributed by atoms with Crippen LogP contribution in [0.2, 0.25) is 0 Å². The molecule has 0 aliphatic carbocycles. The second-order valence-electron chi connectivity index (χ2n) is 6.66. The molecule has 0 saturated heterocycles. The molecule has 0 bridgehead atoms. The van der Waals surface area contributed by atoms with Crippen LogP contribution in [0.15, 0.2) is 0 Å². The van der Waals surface area contributed by atoms with Gasteiger partial charge < -0.3 is 5.73 Å². The van der Waals surface area contributed by atoms with Gasteiger partial charge in [0.05, 0.1) is 5.41 Å². The third-order valence-electron chi connectivity index (χ3n) is 5.92. The van der Waals surface area contributed by atoms with Crippen molar-refractivity contribution < 1.29 is 4.79 Å². The van der Waals surface area contributed by atoms with E-state index in [1.54, 1.807) is 0 Å².